The molecule has 1 aliphatic carbocycles. The Balaban J connectivity index is 1.50. The van der Waals surface area contributed by atoms with Gasteiger partial charge >= 0.3 is 0 Å². The number of para-hydroxylation sites is 2. The minimum absolute atomic E-state index is 0.500. The second kappa shape index (κ2) is 5.85. The van der Waals surface area contributed by atoms with Crippen molar-refractivity contribution in [1.29, 1.82) is 0 Å². The molecule has 0 bridgehead atoms. The summed E-state index contributed by atoms with van der Waals surface area (Å²) >= 11 is 0. The highest BCUT2D eigenvalue weighted by Gasteiger charge is 2.30. The Bertz CT molecular complexity index is 868. The number of nitrogens with zero attached hydrogens (tertiary/aromatic N) is 4. The molecule has 114 valence electrons. The summed E-state index contributed by atoms with van der Waals surface area (Å²) < 4.78 is 2.07. The summed E-state index contributed by atoms with van der Waals surface area (Å²) in [7, 11) is 0. The van der Waals surface area contributed by atoms with Crippen LogP contribution in [-0.4, -0.2) is 19.7 Å². The maximum absolute atomic E-state index is 5.33. The molecule has 2 heterocycles. The molecule has 1 saturated carbocycles. The summed E-state index contributed by atoms with van der Waals surface area (Å²) in [6.45, 7) is 0. The lowest BCUT2D eigenvalue weighted by atomic mass is 9.77. The van der Waals surface area contributed by atoms with Crippen LogP contribution in [0.1, 0.15) is 31.7 Å². The van der Waals surface area contributed by atoms with Crippen molar-refractivity contribution >= 4 is 11.0 Å². The van der Waals surface area contributed by atoms with Crippen LogP contribution in [0.15, 0.2) is 42.9 Å². The van der Waals surface area contributed by atoms with Crippen molar-refractivity contribution in [3.05, 3.63) is 42.9 Å². The quantitative estimate of drug-likeness (QED) is 0.687. The number of aromatic nitrogens is 4. The molecule has 4 nitrogen and oxygen atoms in total. The third kappa shape index (κ3) is 2.70. The second-order valence-electron chi connectivity index (χ2n) is 6.19. The SMILES string of the molecule is C#CCCC1CC(n2cc(-c3cnc4ccccc4n3)cn2)C1. The highest BCUT2D eigenvalue weighted by atomic mass is 15.3. The lowest BCUT2D eigenvalue weighted by Crippen LogP contribution is -2.26. The molecule has 0 radical (unpaired) electrons. The van der Waals surface area contributed by atoms with Crippen LogP contribution in [0.25, 0.3) is 22.3 Å². The third-order valence-corrected chi connectivity index (χ3v) is 4.63. The van der Waals surface area contributed by atoms with Crippen LogP contribution in [0.5, 0.6) is 0 Å². The first-order chi connectivity index (χ1) is 11.3. The fraction of sp³-hybridized carbons (Fsp3) is 0.316. The highest BCUT2D eigenvalue weighted by molar-refractivity contribution is 5.76. The van der Waals surface area contributed by atoms with Gasteiger partial charge in [-0.3, -0.25) is 9.67 Å². The number of terminal acetylenes is 1. The molecule has 0 spiro atoms. The van der Waals surface area contributed by atoms with E-state index in [9.17, 15) is 0 Å². The Morgan fingerprint density at radius 2 is 2.00 bits per heavy atom. The first-order valence-corrected chi connectivity index (χ1v) is 8.03. The van der Waals surface area contributed by atoms with Gasteiger partial charge in [-0.05, 0) is 37.3 Å². The molecule has 1 aliphatic rings. The molecule has 0 aliphatic heterocycles. The molecule has 4 heteroatoms. The van der Waals surface area contributed by atoms with Crippen molar-refractivity contribution in [1.82, 2.24) is 19.7 Å². The van der Waals surface area contributed by atoms with E-state index in [1.165, 1.54) is 12.8 Å². The zero-order valence-electron chi connectivity index (χ0n) is 12.9. The van der Waals surface area contributed by atoms with Gasteiger partial charge in [-0.2, -0.15) is 5.10 Å². The summed E-state index contributed by atoms with van der Waals surface area (Å²) in [5, 5.41) is 4.52. The summed E-state index contributed by atoms with van der Waals surface area (Å²) in [6, 6.07) is 8.41. The van der Waals surface area contributed by atoms with E-state index in [1.54, 1.807) is 0 Å². The number of rotatable bonds is 4. The van der Waals surface area contributed by atoms with Gasteiger partial charge in [-0.1, -0.05) is 12.1 Å². The van der Waals surface area contributed by atoms with Crippen LogP contribution < -0.4 is 0 Å². The van der Waals surface area contributed by atoms with Gasteiger partial charge in [0.2, 0.25) is 0 Å². The zero-order chi connectivity index (χ0) is 15.6. The van der Waals surface area contributed by atoms with Crippen molar-refractivity contribution in [2.45, 2.75) is 31.7 Å². The van der Waals surface area contributed by atoms with Gasteiger partial charge in [-0.25, -0.2) is 4.98 Å². The van der Waals surface area contributed by atoms with Crippen LogP contribution in [0.4, 0.5) is 0 Å². The molecule has 23 heavy (non-hydrogen) atoms. The fourth-order valence-corrected chi connectivity index (χ4v) is 3.21. The zero-order valence-corrected chi connectivity index (χ0v) is 12.9. The van der Waals surface area contributed by atoms with E-state index >= 15 is 0 Å². The summed E-state index contributed by atoms with van der Waals surface area (Å²) in [4.78, 5) is 9.15. The van der Waals surface area contributed by atoms with Gasteiger partial charge in [0.1, 0.15) is 0 Å². The Labute approximate surface area is 135 Å². The molecule has 1 aromatic carbocycles. The van der Waals surface area contributed by atoms with E-state index in [0.29, 0.717) is 6.04 Å². The molecule has 0 unspecified atom stereocenters. The monoisotopic (exact) mass is 302 g/mol. The molecular weight excluding hydrogens is 284 g/mol. The van der Waals surface area contributed by atoms with E-state index in [-0.39, 0.29) is 0 Å². The molecule has 1 fully saturated rings. The number of benzene rings is 1. The molecular formula is C19H18N4. The number of hydrogen-bond acceptors (Lipinski definition) is 3. The Hall–Kier alpha value is -2.67. The summed E-state index contributed by atoms with van der Waals surface area (Å²) in [5.41, 5.74) is 3.73. The number of fused-ring (bicyclic) bond motifs is 1. The third-order valence-electron chi connectivity index (χ3n) is 4.63. The van der Waals surface area contributed by atoms with Crippen molar-refractivity contribution in [2.24, 2.45) is 5.92 Å². The number of hydrogen-bond donors (Lipinski definition) is 0. The predicted molar refractivity (Wildman–Crippen MR) is 90.6 cm³/mol. The van der Waals surface area contributed by atoms with Crippen molar-refractivity contribution in [3.8, 4) is 23.6 Å². The molecule has 0 saturated heterocycles. The Kier molecular flexibility index (Phi) is 3.55. The molecule has 0 atom stereocenters. The molecule has 2 aromatic heterocycles. The predicted octanol–water partition coefficient (Wildman–Crippen LogP) is 3.86. The molecule has 4 rings (SSSR count). The maximum Gasteiger partial charge on any atom is 0.0924 e. The van der Waals surface area contributed by atoms with E-state index in [4.69, 9.17) is 6.42 Å². The van der Waals surface area contributed by atoms with E-state index in [2.05, 4.69) is 31.9 Å². The van der Waals surface area contributed by atoms with Crippen LogP contribution in [-0.2, 0) is 0 Å². The highest BCUT2D eigenvalue weighted by Crippen LogP contribution is 2.40. The summed E-state index contributed by atoms with van der Waals surface area (Å²) in [5.74, 6) is 3.48. The summed E-state index contributed by atoms with van der Waals surface area (Å²) in [6.07, 6.45) is 15.5. The average Bonchev–Trinajstić information content (AvgIpc) is 3.02. The van der Waals surface area contributed by atoms with Gasteiger partial charge in [0.25, 0.3) is 0 Å². The largest absolute Gasteiger partial charge is 0.269 e. The van der Waals surface area contributed by atoms with Crippen LogP contribution in [0, 0.1) is 18.3 Å². The molecule has 0 N–H and O–H groups in total. The van der Waals surface area contributed by atoms with Gasteiger partial charge in [-0.15, -0.1) is 12.3 Å². The van der Waals surface area contributed by atoms with E-state index < -0.39 is 0 Å². The van der Waals surface area contributed by atoms with Crippen LogP contribution >= 0.6 is 0 Å². The van der Waals surface area contributed by atoms with E-state index in [0.717, 1.165) is 41.1 Å². The van der Waals surface area contributed by atoms with Gasteiger partial charge in [0.15, 0.2) is 0 Å². The van der Waals surface area contributed by atoms with Gasteiger partial charge in [0.05, 0.1) is 35.2 Å². The fourth-order valence-electron chi connectivity index (χ4n) is 3.21. The lowest BCUT2D eigenvalue weighted by molar-refractivity contribution is 0.175. The van der Waals surface area contributed by atoms with Gasteiger partial charge in [0, 0.05) is 18.2 Å². The topological polar surface area (TPSA) is 43.6 Å². The normalized spacial score (nSPS) is 20.1. The van der Waals surface area contributed by atoms with Crippen LogP contribution in [0.2, 0.25) is 0 Å². The minimum Gasteiger partial charge on any atom is -0.269 e. The average molecular weight is 302 g/mol. The Morgan fingerprint density at radius 3 is 2.83 bits per heavy atom. The van der Waals surface area contributed by atoms with Gasteiger partial charge < -0.3 is 0 Å². The van der Waals surface area contributed by atoms with Crippen molar-refractivity contribution in [3.63, 3.8) is 0 Å². The molecule has 0 amide bonds. The van der Waals surface area contributed by atoms with E-state index in [1.807, 2.05) is 36.7 Å². The minimum atomic E-state index is 0.500. The molecule has 3 aromatic rings. The van der Waals surface area contributed by atoms with Crippen LogP contribution in [0.3, 0.4) is 0 Å². The van der Waals surface area contributed by atoms with Crippen molar-refractivity contribution < 1.29 is 0 Å². The Morgan fingerprint density at radius 1 is 1.17 bits per heavy atom. The first-order valence-electron chi connectivity index (χ1n) is 8.03. The maximum atomic E-state index is 5.33. The lowest BCUT2D eigenvalue weighted by Gasteiger charge is -2.35. The second-order valence-corrected chi connectivity index (χ2v) is 6.19. The standard InChI is InChI=1S/C19H18N4/c1-2-3-6-14-9-16(10-14)23-13-15(11-21-23)19-12-20-17-7-4-5-8-18(17)22-19/h1,4-5,7-8,11-14,16H,3,6,9-10H2. The van der Waals surface area contributed by atoms with Crippen molar-refractivity contribution in [2.75, 3.05) is 0 Å². The smallest absolute Gasteiger partial charge is 0.0924 e. The first kappa shape index (κ1) is 14.0.